The topological polar surface area (TPSA) is 100 Å². The SMILES string of the molecule is NS(=O)(=O)Oc1ccc(-c2cn(-c3cc(C(F)(F)F)cc(C(F)(F)F)c3)nn2)cc1. The minimum Gasteiger partial charge on any atom is -0.371 e. The Kier molecular flexibility index (Phi) is 5.24. The van der Waals surface area contributed by atoms with Gasteiger partial charge >= 0.3 is 22.7 Å². The van der Waals surface area contributed by atoms with Crippen LogP contribution < -0.4 is 9.32 Å². The summed E-state index contributed by atoms with van der Waals surface area (Å²) in [5.74, 6) is -0.110. The predicted octanol–water partition coefficient (Wildman–Crippen LogP) is 3.55. The molecule has 0 radical (unpaired) electrons. The van der Waals surface area contributed by atoms with Crippen molar-refractivity contribution in [3.63, 3.8) is 0 Å². The predicted molar refractivity (Wildman–Crippen MR) is 90.5 cm³/mol. The van der Waals surface area contributed by atoms with Crippen molar-refractivity contribution in [2.45, 2.75) is 12.4 Å². The van der Waals surface area contributed by atoms with E-state index in [-0.39, 0.29) is 17.5 Å². The van der Waals surface area contributed by atoms with Gasteiger partial charge in [-0.25, -0.2) is 4.68 Å². The van der Waals surface area contributed by atoms with Crippen LogP contribution in [0.4, 0.5) is 26.3 Å². The van der Waals surface area contributed by atoms with Crippen LogP contribution in [-0.4, -0.2) is 23.4 Å². The van der Waals surface area contributed by atoms with E-state index in [1.165, 1.54) is 24.3 Å². The molecular formula is C16H10F6N4O3S. The van der Waals surface area contributed by atoms with Crippen molar-refractivity contribution in [2.75, 3.05) is 0 Å². The average Bonchev–Trinajstić information content (AvgIpc) is 3.09. The third-order valence-electron chi connectivity index (χ3n) is 3.69. The number of alkyl halides is 6. The first-order valence-corrected chi connectivity index (χ1v) is 9.24. The number of hydrogen-bond donors (Lipinski definition) is 1. The Bertz CT molecular complexity index is 1140. The van der Waals surface area contributed by atoms with Crippen LogP contribution in [0.2, 0.25) is 0 Å². The zero-order valence-corrected chi connectivity index (χ0v) is 15.3. The number of benzene rings is 2. The molecular weight excluding hydrogens is 442 g/mol. The summed E-state index contributed by atoms with van der Waals surface area (Å²) in [6, 6.07) is 6.18. The second-order valence-electron chi connectivity index (χ2n) is 5.91. The highest BCUT2D eigenvalue weighted by Gasteiger charge is 2.37. The van der Waals surface area contributed by atoms with Crippen LogP contribution in [0.1, 0.15) is 11.1 Å². The lowest BCUT2D eigenvalue weighted by Crippen LogP contribution is -2.18. The van der Waals surface area contributed by atoms with Gasteiger partial charge in [0.1, 0.15) is 11.4 Å². The lowest BCUT2D eigenvalue weighted by atomic mass is 10.1. The third kappa shape index (κ3) is 5.07. The first-order chi connectivity index (χ1) is 13.7. The zero-order chi connectivity index (χ0) is 22.3. The Morgan fingerprint density at radius 2 is 1.43 bits per heavy atom. The van der Waals surface area contributed by atoms with Crippen molar-refractivity contribution in [3.05, 3.63) is 59.8 Å². The molecule has 0 fully saturated rings. The molecule has 7 nitrogen and oxygen atoms in total. The molecule has 0 amide bonds. The van der Waals surface area contributed by atoms with E-state index in [1.807, 2.05) is 0 Å². The summed E-state index contributed by atoms with van der Waals surface area (Å²) in [7, 11) is -4.23. The zero-order valence-electron chi connectivity index (χ0n) is 14.4. The number of nitrogens with zero attached hydrogens (tertiary/aromatic N) is 3. The Labute approximate surface area is 164 Å². The van der Waals surface area contributed by atoms with Gasteiger partial charge in [-0.05, 0) is 42.5 Å². The van der Waals surface area contributed by atoms with E-state index in [9.17, 15) is 34.8 Å². The summed E-state index contributed by atoms with van der Waals surface area (Å²) in [5, 5.41) is 12.0. The van der Waals surface area contributed by atoms with Gasteiger partial charge in [-0.1, -0.05) is 5.21 Å². The van der Waals surface area contributed by atoms with Crippen molar-refractivity contribution in [3.8, 4) is 22.7 Å². The monoisotopic (exact) mass is 452 g/mol. The Hall–Kier alpha value is -3.13. The molecule has 1 heterocycles. The molecule has 0 spiro atoms. The highest BCUT2D eigenvalue weighted by Crippen LogP contribution is 2.37. The first-order valence-electron chi connectivity index (χ1n) is 7.77. The van der Waals surface area contributed by atoms with Gasteiger partial charge in [0.2, 0.25) is 0 Å². The maximum absolute atomic E-state index is 13.0. The number of rotatable bonds is 4. The fourth-order valence-electron chi connectivity index (χ4n) is 2.41. The van der Waals surface area contributed by atoms with E-state index in [1.54, 1.807) is 0 Å². The molecule has 160 valence electrons. The van der Waals surface area contributed by atoms with Gasteiger partial charge in [0.05, 0.1) is 23.0 Å². The van der Waals surface area contributed by atoms with Gasteiger partial charge in [0.25, 0.3) is 0 Å². The van der Waals surface area contributed by atoms with Crippen LogP contribution in [0.3, 0.4) is 0 Å². The Balaban J connectivity index is 1.98. The van der Waals surface area contributed by atoms with E-state index in [0.717, 1.165) is 10.9 Å². The van der Waals surface area contributed by atoms with Crippen LogP contribution >= 0.6 is 0 Å². The summed E-state index contributed by atoms with van der Waals surface area (Å²) < 4.78 is 105. The van der Waals surface area contributed by atoms with Gasteiger partial charge in [-0.2, -0.15) is 39.9 Å². The van der Waals surface area contributed by atoms with Crippen LogP contribution in [0.5, 0.6) is 5.75 Å². The van der Waals surface area contributed by atoms with Gasteiger partial charge in [0.15, 0.2) is 0 Å². The van der Waals surface area contributed by atoms with Crippen molar-refractivity contribution in [2.24, 2.45) is 5.14 Å². The Morgan fingerprint density at radius 1 is 0.900 bits per heavy atom. The molecule has 3 rings (SSSR count). The molecule has 0 aliphatic rings. The standard InChI is InChI=1S/C16H10F6N4O3S/c17-15(18,19)10-5-11(16(20,21)22)7-12(6-10)26-8-14(24-25-26)9-1-3-13(4-2-9)29-30(23,27)28/h1-8H,(H2,23,27,28). The second-order valence-corrected chi connectivity index (χ2v) is 7.07. The number of halogens is 6. The van der Waals surface area contributed by atoms with Crippen LogP contribution in [0, 0.1) is 0 Å². The van der Waals surface area contributed by atoms with Crippen molar-refractivity contribution in [1.82, 2.24) is 15.0 Å². The normalized spacial score (nSPS) is 12.8. The number of aromatic nitrogens is 3. The summed E-state index contributed by atoms with van der Waals surface area (Å²) in [6.45, 7) is 0. The smallest absolute Gasteiger partial charge is 0.371 e. The molecule has 0 aliphatic heterocycles. The molecule has 2 N–H and O–H groups in total. The maximum atomic E-state index is 13.0. The third-order valence-corrected chi connectivity index (χ3v) is 4.12. The van der Waals surface area contributed by atoms with Gasteiger partial charge in [0, 0.05) is 5.56 Å². The minimum atomic E-state index is -5.00. The fraction of sp³-hybridized carbons (Fsp3) is 0.125. The van der Waals surface area contributed by atoms with Crippen molar-refractivity contribution in [1.29, 1.82) is 0 Å². The molecule has 0 bridgehead atoms. The summed E-state index contributed by atoms with van der Waals surface area (Å²) >= 11 is 0. The number of nitrogens with two attached hydrogens (primary N) is 1. The van der Waals surface area contributed by atoms with E-state index < -0.39 is 39.5 Å². The lowest BCUT2D eigenvalue weighted by Gasteiger charge is -2.13. The molecule has 0 saturated heterocycles. The summed E-state index contributed by atoms with van der Waals surface area (Å²) in [4.78, 5) is 0. The molecule has 14 heteroatoms. The Morgan fingerprint density at radius 3 is 1.90 bits per heavy atom. The molecule has 1 aromatic heterocycles. The van der Waals surface area contributed by atoms with Crippen molar-refractivity contribution >= 4 is 10.3 Å². The minimum absolute atomic E-state index is 0.00552. The largest absolute Gasteiger partial charge is 0.416 e. The molecule has 2 aromatic carbocycles. The highest BCUT2D eigenvalue weighted by atomic mass is 32.2. The molecule has 30 heavy (non-hydrogen) atoms. The van der Waals surface area contributed by atoms with Gasteiger partial charge in [-0.3, -0.25) is 0 Å². The molecule has 0 saturated carbocycles. The van der Waals surface area contributed by atoms with Gasteiger partial charge < -0.3 is 4.18 Å². The highest BCUT2D eigenvalue weighted by molar-refractivity contribution is 7.84. The second kappa shape index (κ2) is 7.28. The maximum Gasteiger partial charge on any atom is 0.416 e. The quantitative estimate of drug-likeness (QED) is 0.611. The molecule has 0 aliphatic carbocycles. The fourth-order valence-corrected chi connectivity index (χ4v) is 2.79. The number of hydrogen-bond acceptors (Lipinski definition) is 5. The van der Waals surface area contributed by atoms with Crippen LogP contribution in [-0.2, 0) is 22.7 Å². The molecule has 0 unspecified atom stereocenters. The van der Waals surface area contributed by atoms with Crippen LogP contribution in [0.15, 0.2) is 48.7 Å². The van der Waals surface area contributed by atoms with Gasteiger partial charge in [-0.15, -0.1) is 5.10 Å². The summed E-state index contributed by atoms with van der Waals surface area (Å²) in [5.41, 5.74) is -3.04. The van der Waals surface area contributed by atoms with E-state index in [2.05, 4.69) is 14.5 Å². The van der Waals surface area contributed by atoms with E-state index in [0.29, 0.717) is 17.7 Å². The average molecular weight is 452 g/mol. The van der Waals surface area contributed by atoms with E-state index in [4.69, 9.17) is 5.14 Å². The molecule has 0 atom stereocenters. The van der Waals surface area contributed by atoms with Crippen LogP contribution in [0.25, 0.3) is 16.9 Å². The first kappa shape index (κ1) is 21.6. The van der Waals surface area contributed by atoms with E-state index >= 15 is 0 Å². The van der Waals surface area contributed by atoms with Crippen molar-refractivity contribution < 1.29 is 38.9 Å². The lowest BCUT2D eigenvalue weighted by molar-refractivity contribution is -0.143. The molecule has 3 aromatic rings. The summed E-state index contributed by atoms with van der Waals surface area (Å²) in [6.07, 6.45) is -8.89.